The number of pyridine rings is 1. The number of amides is 1. The predicted molar refractivity (Wildman–Crippen MR) is 107 cm³/mol. The van der Waals surface area contributed by atoms with Gasteiger partial charge in [0.05, 0.1) is 6.20 Å². The Morgan fingerprint density at radius 1 is 1.19 bits per heavy atom. The number of carbonyl (C=O) groups excluding carboxylic acids is 1. The van der Waals surface area contributed by atoms with Crippen LogP contribution in [0.1, 0.15) is 21.5 Å². The van der Waals surface area contributed by atoms with Gasteiger partial charge in [-0.2, -0.15) is 11.8 Å². The van der Waals surface area contributed by atoms with Crippen molar-refractivity contribution in [3.8, 4) is 0 Å². The molecule has 1 aliphatic heterocycles. The van der Waals surface area contributed by atoms with Crippen molar-refractivity contribution < 1.29 is 4.79 Å². The summed E-state index contributed by atoms with van der Waals surface area (Å²) in [5.41, 5.74) is 3.84. The lowest BCUT2D eigenvalue weighted by Gasteiger charge is -2.26. The third kappa shape index (κ3) is 3.61. The second kappa shape index (κ2) is 7.51. The Morgan fingerprint density at radius 3 is 2.73 bits per heavy atom. The maximum atomic E-state index is 12.6. The number of imidazole rings is 1. The summed E-state index contributed by atoms with van der Waals surface area (Å²) in [5, 5.41) is 2.96. The smallest absolute Gasteiger partial charge is 0.256 e. The normalized spacial score (nSPS) is 15.3. The van der Waals surface area contributed by atoms with Crippen LogP contribution in [0.15, 0.2) is 48.8 Å². The van der Waals surface area contributed by atoms with Crippen molar-refractivity contribution in [2.45, 2.75) is 13.5 Å². The van der Waals surface area contributed by atoms with Crippen LogP contribution in [-0.2, 0) is 6.54 Å². The molecule has 0 aliphatic carbocycles. The van der Waals surface area contributed by atoms with Gasteiger partial charge in [0.25, 0.3) is 5.91 Å². The molecule has 0 saturated carbocycles. The first-order chi connectivity index (χ1) is 12.7. The number of benzene rings is 1. The molecule has 3 aromatic rings. The molecular formula is C20H22N4OS. The van der Waals surface area contributed by atoms with E-state index in [9.17, 15) is 4.79 Å². The van der Waals surface area contributed by atoms with Gasteiger partial charge in [-0.25, -0.2) is 4.98 Å². The fraction of sp³-hybridized carbons (Fsp3) is 0.300. The number of carbonyl (C=O) groups is 1. The number of aromatic nitrogens is 2. The predicted octanol–water partition coefficient (Wildman–Crippen LogP) is 3.44. The average molecular weight is 366 g/mol. The number of rotatable bonds is 4. The van der Waals surface area contributed by atoms with Gasteiger partial charge in [-0.05, 0) is 36.2 Å². The molecule has 1 N–H and O–H groups in total. The number of nitrogens with one attached hydrogen (secondary N) is 1. The molecular weight excluding hydrogens is 344 g/mol. The monoisotopic (exact) mass is 366 g/mol. The van der Waals surface area contributed by atoms with Gasteiger partial charge in [0.2, 0.25) is 0 Å². The number of fused-ring (bicyclic) bond motifs is 1. The second-order valence-electron chi connectivity index (χ2n) is 6.57. The highest BCUT2D eigenvalue weighted by Crippen LogP contribution is 2.17. The quantitative estimate of drug-likeness (QED) is 0.768. The highest BCUT2D eigenvalue weighted by molar-refractivity contribution is 7.99. The van der Waals surface area contributed by atoms with E-state index in [-0.39, 0.29) is 5.91 Å². The molecule has 26 heavy (non-hydrogen) atoms. The Labute approximate surface area is 157 Å². The Hall–Kier alpha value is -2.31. The van der Waals surface area contributed by atoms with Crippen molar-refractivity contribution in [3.63, 3.8) is 0 Å². The van der Waals surface area contributed by atoms with E-state index < -0.39 is 0 Å². The van der Waals surface area contributed by atoms with E-state index in [0.29, 0.717) is 11.4 Å². The van der Waals surface area contributed by atoms with Gasteiger partial charge in [-0.3, -0.25) is 14.1 Å². The van der Waals surface area contributed by atoms with E-state index in [4.69, 9.17) is 0 Å². The lowest BCUT2D eigenvalue weighted by atomic mass is 10.1. The average Bonchev–Trinajstić information content (AvgIpc) is 3.07. The molecule has 6 heteroatoms. The SMILES string of the molecule is Cc1cccn2c(NC(=O)c3ccc(CN4CCSCC4)cc3)cnc12. The van der Waals surface area contributed by atoms with Crippen molar-refractivity contribution in [2.75, 3.05) is 29.9 Å². The molecule has 1 fully saturated rings. The van der Waals surface area contributed by atoms with Crippen LogP contribution in [-0.4, -0.2) is 44.8 Å². The largest absolute Gasteiger partial charge is 0.306 e. The summed E-state index contributed by atoms with van der Waals surface area (Å²) >= 11 is 2.02. The van der Waals surface area contributed by atoms with Crippen LogP contribution in [0.2, 0.25) is 0 Å². The summed E-state index contributed by atoms with van der Waals surface area (Å²) in [4.78, 5) is 19.4. The van der Waals surface area contributed by atoms with Crippen LogP contribution >= 0.6 is 11.8 Å². The molecule has 1 saturated heterocycles. The second-order valence-corrected chi connectivity index (χ2v) is 7.79. The maximum Gasteiger partial charge on any atom is 0.256 e. The van der Waals surface area contributed by atoms with Gasteiger partial charge in [-0.1, -0.05) is 18.2 Å². The molecule has 0 atom stereocenters. The highest BCUT2D eigenvalue weighted by Gasteiger charge is 2.13. The number of anilines is 1. The molecule has 1 aliphatic rings. The van der Waals surface area contributed by atoms with Gasteiger partial charge in [0.1, 0.15) is 11.5 Å². The van der Waals surface area contributed by atoms with E-state index in [1.165, 1.54) is 17.1 Å². The molecule has 134 valence electrons. The number of hydrogen-bond acceptors (Lipinski definition) is 4. The van der Waals surface area contributed by atoms with E-state index in [2.05, 4.69) is 27.3 Å². The Morgan fingerprint density at radius 2 is 1.96 bits per heavy atom. The van der Waals surface area contributed by atoms with Gasteiger partial charge < -0.3 is 5.32 Å². The first-order valence-electron chi connectivity index (χ1n) is 8.84. The van der Waals surface area contributed by atoms with Crippen molar-refractivity contribution in [2.24, 2.45) is 0 Å². The molecule has 3 heterocycles. The summed E-state index contributed by atoms with van der Waals surface area (Å²) in [6.45, 7) is 5.24. The van der Waals surface area contributed by atoms with Gasteiger partial charge in [-0.15, -0.1) is 0 Å². The fourth-order valence-corrected chi connectivity index (χ4v) is 4.19. The Balaban J connectivity index is 1.45. The molecule has 0 radical (unpaired) electrons. The molecule has 5 nitrogen and oxygen atoms in total. The molecule has 0 unspecified atom stereocenters. The summed E-state index contributed by atoms with van der Waals surface area (Å²) in [7, 11) is 0. The standard InChI is InChI=1S/C20H22N4OS/c1-15-3-2-8-24-18(13-21-19(15)24)22-20(25)17-6-4-16(5-7-17)14-23-9-11-26-12-10-23/h2-8,13H,9-12,14H2,1H3,(H,22,25). The van der Waals surface area contributed by atoms with Crippen LogP contribution in [0, 0.1) is 6.92 Å². The van der Waals surface area contributed by atoms with E-state index in [0.717, 1.165) is 30.8 Å². The Bertz CT molecular complexity index is 913. The number of hydrogen-bond donors (Lipinski definition) is 1. The number of thioether (sulfide) groups is 1. The molecule has 1 aromatic carbocycles. The van der Waals surface area contributed by atoms with E-state index in [1.807, 2.05) is 53.5 Å². The lowest BCUT2D eigenvalue weighted by Crippen LogP contribution is -2.31. The first-order valence-corrected chi connectivity index (χ1v) is 9.99. The van der Waals surface area contributed by atoms with Crippen LogP contribution in [0.4, 0.5) is 5.82 Å². The van der Waals surface area contributed by atoms with E-state index in [1.54, 1.807) is 6.20 Å². The van der Waals surface area contributed by atoms with Crippen molar-refractivity contribution in [1.82, 2.24) is 14.3 Å². The van der Waals surface area contributed by atoms with Crippen LogP contribution in [0.3, 0.4) is 0 Å². The minimum absolute atomic E-state index is 0.116. The zero-order chi connectivity index (χ0) is 17.9. The summed E-state index contributed by atoms with van der Waals surface area (Å²) in [5.74, 6) is 2.98. The third-order valence-electron chi connectivity index (χ3n) is 4.70. The zero-order valence-electron chi connectivity index (χ0n) is 14.8. The summed E-state index contributed by atoms with van der Waals surface area (Å²) in [6, 6.07) is 11.9. The minimum atomic E-state index is -0.116. The zero-order valence-corrected chi connectivity index (χ0v) is 15.6. The topological polar surface area (TPSA) is 49.6 Å². The number of aryl methyl sites for hydroxylation is 1. The third-order valence-corrected chi connectivity index (χ3v) is 5.64. The van der Waals surface area contributed by atoms with Gasteiger partial charge >= 0.3 is 0 Å². The Kier molecular flexibility index (Phi) is 4.95. The van der Waals surface area contributed by atoms with Crippen LogP contribution in [0.5, 0.6) is 0 Å². The molecule has 0 spiro atoms. The van der Waals surface area contributed by atoms with Gasteiger partial charge in [0.15, 0.2) is 0 Å². The van der Waals surface area contributed by atoms with Crippen molar-refractivity contribution in [1.29, 1.82) is 0 Å². The lowest BCUT2D eigenvalue weighted by molar-refractivity contribution is 0.102. The van der Waals surface area contributed by atoms with Gasteiger partial charge in [0, 0.05) is 42.9 Å². The molecule has 1 amide bonds. The molecule has 4 rings (SSSR count). The molecule has 2 aromatic heterocycles. The minimum Gasteiger partial charge on any atom is -0.306 e. The summed E-state index contributed by atoms with van der Waals surface area (Å²) in [6.07, 6.45) is 3.61. The van der Waals surface area contributed by atoms with Crippen molar-refractivity contribution >= 4 is 29.1 Å². The summed E-state index contributed by atoms with van der Waals surface area (Å²) < 4.78 is 1.90. The van der Waals surface area contributed by atoms with Crippen LogP contribution in [0.25, 0.3) is 5.65 Å². The fourth-order valence-electron chi connectivity index (χ4n) is 3.21. The highest BCUT2D eigenvalue weighted by atomic mass is 32.2. The van der Waals surface area contributed by atoms with Crippen LogP contribution < -0.4 is 5.32 Å². The number of nitrogens with zero attached hydrogens (tertiary/aromatic N) is 3. The van der Waals surface area contributed by atoms with E-state index >= 15 is 0 Å². The van der Waals surface area contributed by atoms with Crippen molar-refractivity contribution in [3.05, 3.63) is 65.5 Å². The first kappa shape index (κ1) is 17.1. The molecule has 0 bridgehead atoms. The maximum absolute atomic E-state index is 12.6.